The third kappa shape index (κ3) is 5.94. The molecular formula is C22H17F3N2O5S2. The molecule has 1 heterocycles. The maximum atomic E-state index is 12.7. The number of hydrogen-bond acceptors (Lipinski definition) is 6. The Balaban J connectivity index is 1.81. The largest absolute Gasteiger partial charge is 0.495 e. The van der Waals surface area contributed by atoms with Crippen LogP contribution in [0.2, 0.25) is 0 Å². The van der Waals surface area contributed by atoms with Crippen molar-refractivity contribution in [3.8, 4) is 5.75 Å². The highest BCUT2D eigenvalue weighted by Gasteiger charge is 2.32. The van der Waals surface area contributed by atoms with Crippen LogP contribution in [-0.2, 0) is 15.8 Å². The summed E-state index contributed by atoms with van der Waals surface area (Å²) in [4.78, 5) is 37.4. The molecule has 12 heteroatoms. The summed E-state index contributed by atoms with van der Waals surface area (Å²) < 4.78 is 43.7. The predicted octanol–water partition coefficient (Wildman–Crippen LogP) is 4.64. The van der Waals surface area contributed by atoms with E-state index in [1.165, 1.54) is 24.2 Å². The zero-order valence-electron chi connectivity index (χ0n) is 17.5. The number of amides is 2. The van der Waals surface area contributed by atoms with Gasteiger partial charge < -0.3 is 15.2 Å². The molecule has 0 bridgehead atoms. The van der Waals surface area contributed by atoms with E-state index < -0.39 is 29.5 Å². The number of aliphatic carboxylic acids is 1. The summed E-state index contributed by atoms with van der Waals surface area (Å²) in [5.41, 5.74) is -0.103. The second-order valence-corrected chi connectivity index (χ2v) is 8.64. The summed E-state index contributed by atoms with van der Waals surface area (Å²) in [6.07, 6.45) is -3.23. The average Bonchev–Trinajstić information content (AvgIpc) is 3.04. The van der Waals surface area contributed by atoms with Crippen molar-refractivity contribution in [2.75, 3.05) is 19.0 Å². The molecule has 0 atom stereocenters. The fraction of sp³-hybridized carbons (Fsp3) is 0.182. The van der Waals surface area contributed by atoms with Crippen LogP contribution in [0.5, 0.6) is 5.75 Å². The molecule has 2 aromatic rings. The molecule has 1 aliphatic heterocycles. The predicted molar refractivity (Wildman–Crippen MR) is 125 cm³/mol. The Morgan fingerprint density at radius 3 is 2.47 bits per heavy atom. The van der Waals surface area contributed by atoms with Gasteiger partial charge in [-0.05, 0) is 48.0 Å². The van der Waals surface area contributed by atoms with Gasteiger partial charge in [0.1, 0.15) is 10.1 Å². The first-order valence-electron chi connectivity index (χ1n) is 9.63. The molecule has 2 N–H and O–H groups in total. The number of nitrogens with zero attached hydrogens (tertiary/aromatic N) is 1. The monoisotopic (exact) mass is 510 g/mol. The Kier molecular flexibility index (Phi) is 7.62. The second kappa shape index (κ2) is 10.3. The van der Waals surface area contributed by atoms with Gasteiger partial charge in [-0.3, -0.25) is 19.3 Å². The lowest BCUT2D eigenvalue weighted by molar-refractivity contribution is -0.138. The van der Waals surface area contributed by atoms with E-state index >= 15 is 0 Å². The molecule has 0 aromatic heterocycles. The Morgan fingerprint density at radius 1 is 1.21 bits per heavy atom. The minimum Gasteiger partial charge on any atom is -0.495 e. The highest BCUT2D eigenvalue weighted by atomic mass is 32.2. The number of carboxylic acid groups (broad SMARTS) is 1. The van der Waals surface area contributed by atoms with E-state index in [9.17, 15) is 27.6 Å². The fourth-order valence-corrected chi connectivity index (χ4v) is 4.28. The molecular weight excluding hydrogens is 493 g/mol. The first-order chi connectivity index (χ1) is 16.0. The molecule has 1 fully saturated rings. The zero-order chi connectivity index (χ0) is 25.0. The Labute approximate surface area is 201 Å². The van der Waals surface area contributed by atoms with Gasteiger partial charge in [0.2, 0.25) is 0 Å². The first-order valence-corrected chi connectivity index (χ1v) is 10.9. The molecule has 2 amide bonds. The van der Waals surface area contributed by atoms with Gasteiger partial charge in [0.05, 0.1) is 29.7 Å². The van der Waals surface area contributed by atoms with Crippen LogP contribution in [0.15, 0.2) is 47.4 Å². The van der Waals surface area contributed by atoms with Gasteiger partial charge in [-0.2, -0.15) is 13.2 Å². The topological polar surface area (TPSA) is 95.9 Å². The van der Waals surface area contributed by atoms with Crippen LogP contribution in [0.1, 0.15) is 27.9 Å². The lowest BCUT2D eigenvalue weighted by Crippen LogP contribution is -2.30. The van der Waals surface area contributed by atoms with Crippen molar-refractivity contribution in [1.29, 1.82) is 0 Å². The number of anilines is 1. The molecule has 1 aliphatic rings. The molecule has 7 nitrogen and oxygen atoms in total. The quantitative estimate of drug-likeness (QED) is 0.414. The van der Waals surface area contributed by atoms with Crippen LogP contribution >= 0.6 is 24.0 Å². The van der Waals surface area contributed by atoms with Gasteiger partial charge in [-0.15, -0.1) is 0 Å². The minimum absolute atomic E-state index is 0.0137. The molecule has 0 radical (unpaired) electrons. The van der Waals surface area contributed by atoms with E-state index in [2.05, 4.69) is 5.32 Å². The van der Waals surface area contributed by atoms with Crippen LogP contribution in [0.4, 0.5) is 18.9 Å². The number of hydrogen-bond donors (Lipinski definition) is 2. The standard InChI is InChI=1S/C22H17F3N2O5S2/c1-32-16-7-2-12(11-17-20(31)27(21(33)34-17)9-8-18(28)29)10-15(16)26-19(30)13-3-5-14(6-4-13)22(23,24)25/h2-7,10-11H,8-9H2,1H3,(H,26,30)(H,28,29). The van der Waals surface area contributed by atoms with Gasteiger partial charge in [0.25, 0.3) is 11.8 Å². The van der Waals surface area contributed by atoms with Crippen LogP contribution < -0.4 is 10.1 Å². The number of halogens is 3. The number of carbonyl (C=O) groups excluding carboxylic acids is 2. The molecule has 1 saturated heterocycles. The third-order valence-corrected chi connectivity index (χ3v) is 6.04. The number of ether oxygens (including phenoxy) is 1. The zero-order valence-corrected chi connectivity index (χ0v) is 19.1. The molecule has 2 aromatic carbocycles. The maximum Gasteiger partial charge on any atom is 0.416 e. The summed E-state index contributed by atoms with van der Waals surface area (Å²) in [6, 6.07) is 8.48. The summed E-state index contributed by atoms with van der Waals surface area (Å²) in [5, 5.41) is 11.4. The highest BCUT2D eigenvalue weighted by Crippen LogP contribution is 2.34. The van der Waals surface area contributed by atoms with Crippen molar-refractivity contribution < 1.29 is 37.4 Å². The summed E-state index contributed by atoms with van der Waals surface area (Å²) >= 11 is 6.18. The van der Waals surface area contributed by atoms with Crippen molar-refractivity contribution in [1.82, 2.24) is 4.90 Å². The normalized spacial score (nSPS) is 15.1. The number of carbonyl (C=O) groups is 3. The Hall–Kier alpha value is -3.38. The van der Waals surface area contributed by atoms with Crippen LogP contribution in [-0.4, -0.2) is 45.8 Å². The van der Waals surface area contributed by atoms with Gasteiger partial charge in [0.15, 0.2) is 0 Å². The second-order valence-electron chi connectivity index (χ2n) is 6.97. The average molecular weight is 511 g/mol. The number of carboxylic acids is 1. The summed E-state index contributed by atoms with van der Waals surface area (Å²) in [6.45, 7) is -0.0472. The molecule has 3 rings (SSSR count). The number of rotatable bonds is 7. The van der Waals surface area contributed by atoms with Crippen LogP contribution in [0.25, 0.3) is 6.08 Å². The molecule has 34 heavy (non-hydrogen) atoms. The van der Waals surface area contributed by atoms with Crippen molar-refractivity contribution in [3.05, 3.63) is 64.1 Å². The van der Waals surface area contributed by atoms with Gasteiger partial charge in [0, 0.05) is 12.1 Å². The van der Waals surface area contributed by atoms with Crippen molar-refractivity contribution in [2.45, 2.75) is 12.6 Å². The number of thioether (sulfide) groups is 1. The number of nitrogens with one attached hydrogen (secondary N) is 1. The highest BCUT2D eigenvalue weighted by molar-refractivity contribution is 8.26. The Bertz CT molecular complexity index is 1180. The number of alkyl halides is 3. The van der Waals surface area contributed by atoms with Crippen LogP contribution in [0, 0.1) is 0 Å². The number of benzene rings is 2. The molecule has 0 spiro atoms. The van der Waals surface area contributed by atoms with E-state index in [1.807, 2.05) is 0 Å². The van der Waals surface area contributed by atoms with E-state index in [0.29, 0.717) is 11.3 Å². The van der Waals surface area contributed by atoms with E-state index in [1.54, 1.807) is 12.1 Å². The Morgan fingerprint density at radius 2 is 1.88 bits per heavy atom. The lowest BCUT2D eigenvalue weighted by atomic mass is 10.1. The lowest BCUT2D eigenvalue weighted by Gasteiger charge is -2.13. The van der Waals surface area contributed by atoms with E-state index in [-0.39, 0.29) is 33.4 Å². The molecule has 0 unspecified atom stereocenters. The first kappa shape index (κ1) is 25.2. The molecule has 0 aliphatic carbocycles. The van der Waals surface area contributed by atoms with E-state index in [0.717, 1.165) is 36.0 Å². The van der Waals surface area contributed by atoms with E-state index in [4.69, 9.17) is 22.1 Å². The summed E-state index contributed by atoms with van der Waals surface area (Å²) in [7, 11) is 1.39. The van der Waals surface area contributed by atoms with Crippen molar-refractivity contribution >= 4 is 57.8 Å². The smallest absolute Gasteiger partial charge is 0.416 e. The number of methoxy groups -OCH3 is 1. The van der Waals surface area contributed by atoms with Gasteiger partial charge >= 0.3 is 12.1 Å². The van der Waals surface area contributed by atoms with Gasteiger partial charge in [-0.1, -0.05) is 30.0 Å². The maximum absolute atomic E-state index is 12.7. The summed E-state index contributed by atoms with van der Waals surface area (Å²) in [5.74, 6) is -1.83. The number of thiocarbonyl (C=S) groups is 1. The van der Waals surface area contributed by atoms with Crippen molar-refractivity contribution in [3.63, 3.8) is 0 Å². The molecule has 178 valence electrons. The SMILES string of the molecule is COc1ccc(C=C2SC(=S)N(CCC(=O)O)C2=O)cc1NC(=O)c1ccc(C(F)(F)F)cc1. The fourth-order valence-electron chi connectivity index (χ4n) is 2.97. The molecule has 0 saturated carbocycles. The van der Waals surface area contributed by atoms with Gasteiger partial charge in [-0.25, -0.2) is 0 Å². The van der Waals surface area contributed by atoms with Crippen LogP contribution in [0.3, 0.4) is 0 Å². The third-order valence-electron chi connectivity index (χ3n) is 4.67. The minimum atomic E-state index is -4.51. The van der Waals surface area contributed by atoms with Crippen molar-refractivity contribution in [2.24, 2.45) is 0 Å².